The number of carbonyl (C=O) groups is 1. The second kappa shape index (κ2) is 7.51. The summed E-state index contributed by atoms with van der Waals surface area (Å²) in [4.78, 5) is 18.0. The Balaban J connectivity index is 1.55. The first kappa shape index (κ1) is 15.9. The summed E-state index contributed by atoms with van der Waals surface area (Å²) < 4.78 is 0. The molecule has 1 atom stereocenters. The molecular weight excluding hydrogens is 306 g/mol. The predicted octanol–water partition coefficient (Wildman–Crippen LogP) is 3.25. The van der Waals surface area contributed by atoms with E-state index in [1.807, 2.05) is 30.9 Å². The lowest BCUT2D eigenvalue weighted by Gasteiger charge is -2.26. The highest BCUT2D eigenvalue weighted by molar-refractivity contribution is 7.99. The highest BCUT2D eigenvalue weighted by atomic mass is 32.2. The van der Waals surface area contributed by atoms with Crippen LogP contribution in [0.25, 0.3) is 0 Å². The average Bonchev–Trinajstić information content (AvgIpc) is 2.60. The van der Waals surface area contributed by atoms with Crippen LogP contribution >= 0.6 is 11.8 Å². The first-order valence-corrected chi connectivity index (χ1v) is 8.86. The van der Waals surface area contributed by atoms with Crippen LogP contribution in [-0.2, 0) is 13.0 Å². The molecule has 5 heteroatoms. The SMILES string of the molecule is CN(Cc1ccncc1)C(=O)NC[C@H]1SCCc2ccccc21. The van der Waals surface area contributed by atoms with Crippen LogP contribution in [0.5, 0.6) is 0 Å². The van der Waals surface area contributed by atoms with Gasteiger partial charge in [-0.1, -0.05) is 24.3 Å². The molecule has 0 bridgehead atoms. The van der Waals surface area contributed by atoms with Gasteiger partial charge in [0.2, 0.25) is 0 Å². The number of nitrogens with zero attached hydrogens (tertiary/aromatic N) is 2. The fourth-order valence-electron chi connectivity index (χ4n) is 2.79. The maximum atomic E-state index is 12.3. The number of hydrogen-bond donors (Lipinski definition) is 1. The van der Waals surface area contributed by atoms with Crippen molar-refractivity contribution in [2.45, 2.75) is 18.2 Å². The van der Waals surface area contributed by atoms with Crippen LogP contribution in [0, 0.1) is 0 Å². The molecule has 1 aliphatic rings. The Bertz CT molecular complexity index is 662. The largest absolute Gasteiger partial charge is 0.337 e. The number of carbonyl (C=O) groups excluding carboxylic acids is 1. The molecule has 2 aromatic rings. The van der Waals surface area contributed by atoms with Crippen molar-refractivity contribution in [2.75, 3.05) is 19.3 Å². The van der Waals surface area contributed by atoms with Gasteiger partial charge in [-0.3, -0.25) is 4.98 Å². The Morgan fingerprint density at radius 1 is 1.30 bits per heavy atom. The summed E-state index contributed by atoms with van der Waals surface area (Å²) in [5, 5.41) is 3.41. The smallest absolute Gasteiger partial charge is 0.317 e. The van der Waals surface area contributed by atoms with Crippen LogP contribution in [0.3, 0.4) is 0 Å². The predicted molar refractivity (Wildman–Crippen MR) is 94.4 cm³/mol. The number of aromatic nitrogens is 1. The number of amides is 2. The Kier molecular flexibility index (Phi) is 5.18. The van der Waals surface area contributed by atoms with Crippen LogP contribution in [0.2, 0.25) is 0 Å². The van der Waals surface area contributed by atoms with E-state index in [-0.39, 0.29) is 6.03 Å². The van der Waals surface area contributed by atoms with Crippen molar-refractivity contribution in [3.05, 3.63) is 65.5 Å². The second-order valence-electron chi connectivity index (χ2n) is 5.71. The summed E-state index contributed by atoms with van der Waals surface area (Å²) >= 11 is 1.92. The van der Waals surface area contributed by atoms with Crippen LogP contribution < -0.4 is 5.32 Å². The minimum Gasteiger partial charge on any atom is -0.337 e. The van der Waals surface area contributed by atoms with Gasteiger partial charge in [-0.2, -0.15) is 11.8 Å². The fourth-order valence-corrected chi connectivity index (χ4v) is 4.03. The minimum atomic E-state index is -0.0366. The van der Waals surface area contributed by atoms with Crippen LogP contribution in [0.15, 0.2) is 48.8 Å². The van der Waals surface area contributed by atoms with Crippen LogP contribution in [0.1, 0.15) is 21.9 Å². The lowest BCUT2D eigenvalue weighted by Crippen LogP contribution is -2.38. The molecule has 3 rings (SSSR count). The molecule has 0 radical (unpaired) electrons. The maximum absolute atomic E-state index is 12.3. The zero-order valence-corrected chi connectivity index (χ0v) is 14.1. The maximum Gasteiger partial charge on any atom is 0.317 e. The lowest BCUT2D eigenvalue weighted by atomic mass is 10.0. The molecule has 23 heavy (non-hydrogen) atoms. The van der Waals surface area contributed by atoms with E-state index >= 15 is 0 Å². The molecule has 0 spiro atoms. The fraction of sp³-hybridized carbons (Fsp3) is 0.333. The third kappa shape index (κ3) is 4.05. The zero-order chi connectivity index (χ0) is 16.1. The van der Waals surface area contributed by atoms with E-state index in [0.29, 0.717) is 18.3 Å². The average molecular weight is 327 g/mol. The molecule has 4 nitrogen and oxygen atoms in total. The Hall–Kier alpha value is -2.01. The molecule has 0 unspecified atom stereocenters. The number of pyridine rings is 1. The van der Waals surface area contributed by atoms with Gasteiger partial charge in [-0.05, 0) is 41.0 Å². The molecule has 2 amide bonds. The Morgan fingerprint density at radius 2 is 2.09 bits per heavy atom. The molecule has 0 saturated carbocycles. The lowest BCUT2D eigenvalue weighted by molar-refractivity contribution is 0.207. The minimum absolute atomic E-state index is 0.0366. The van der Waals surface area contributed by atoms with Crippen molar-refractivity contribution in [3.63, 3.8) is 0 Å². The first-order valence-electron chi connectivity index (χ1n) is 7.81. The quantitative estimate of drug-likeness (QED) is 0.937. The molecule has 2 heterocycles. The van der Waals surface area contributed by atoms with Crippen molar-refractivity contribution in [2.24, 2.45) is 0 Å². The summed E-state index contributed by atoms with van der Waals surface area (Å²) in [5.74, 6) is 1.12. The molecule has 120 valence electrons. The van der Waals surface area contributed by atoms with Crippen molar-refractivity contribution in [1.82, 2.24) is 15.2 Å². The van der Waals surface area contributed by atoms with Gasteiger partial charge < -0.3 is 10.2 Å². The Morgan fingerprint density at radius 3 is 2.91 bits per heavy atom. The van der Waals surface area contributed by atoms with Gasteiger partial charge in [-0.25, -0.2) is 4.79 Å². The van der Waals surface area contributed by atoms with E-state index in [1.165, 1.54) is 11.1 Å². The standard InChI is InChI=1S/C18H21N3OS/c1-21(13-14-6-9-19-10-7-14)18(22)20-12-17-16-5-3-2-4-15(16)8-11-23-17/h2-7,9-10,17H,8,11-13H2,1H3,(H,20,22)/t17-/m1/s1. The van der Waals surface area contributed by atoms with Crippen molar-refractivity contribution < 1.29 is 4.79 Å². The van der Waals surface area contributed by atoms with Gasteiger partial charge >= 0.3 is 6.03 Å². The number of aryl methyl sites for hydroxylation is 1. The van der Waals surface area contributed by atoms with Gasteiger partial charge in [0.15, 0.2) is 0 Å². The highest BCUT2D eigenvalue weighted by Crippen LogP contribution is 2.35. The third-order valence-electron chi connectivity index (χ3n) is 4.05. The number of hydrogen-bond acceptors (Lipinski definition) is 3. The van der Waals surface area contributed by atoms with Gasteiger partial charge in [0, 0.05) is 37.8 Å². The van der Waals surface area contributed by atoms with Gasteiger partial charge in [0.1, 0.15) is 0 Å². The molecule has 1 aromatic carbocycles. The number of nitrogens with one attached hydrogen (secondary N) is 1. The van der Waals surface area contributed by atoms with Gasteiger partial charge in [0.25, 0.3) is 0 Å². The van der Waals surface area contributed by atoms with E-state index in [1.54, 1.807) is 17.3 Å². The summed E-state index contributed by atoms with van der Waals surface area (Å²) in [6.45, 7) is 1.25. The molecule has 0 fully saturated rings. The van der Waals surface area contributed by atoms with Crippen molar-refractivity contribution >= 4 is 17.8 Å². The monoisotopic (exact) mass is 327 g/mol. The number of benzene rings is 1. The van der Waals surface area contributed by atoms with Gasteiger partial charge in [-0.15, -0.1) is 0 Å². The molecule has 1 aliphatic heterocycles. The number of fused-ring (bicyclic) bond motifs is 1. The van der Waals surface area contributed by atoms with Crippen molar-refractivity contribution in [1.29, 1.82) is 0 Å². The van der Waals surface area contributed by atoms with E-state index in [2.05, 4.69) is 34.6 Å². The summed E-state index contributed by atoms with van der Waals surface area (Å²) in [5.41, 5.74) is 3.85. The zero-order valence-electron chi connectivity index (χ0n) is 13.2. The van der Waals surface area contributed by atoms with E-state index in [0.717, 1.165) is 17.7 Å². The molecule has 1 aromatic heterocycles. The topological polar surface area (TPSA) is 45.2 Å². The summed E-state index contributed by atoms with van der Waals surface area (Å²) in [7, 11) is 1.82. The summed E-state index contributed by atoms with van der Waals surface area (Å²) in [6.07, 6.45) is 4.61. The number of thioether (sulfide) groups is 1. The molecule has 0 aliphatic carbocycles. The van der Waals surface area contributed by atoms with Gasteiger partial charge in [0.05, 0.1) is 0 Å². The molecule has 0 saturated heterocycles. The normalized spacial score (nSPS) is 16.5. The highest BCUT2D eigenvalue weighted by Gasteiger charge is 2.21. The van der Waals surface area contributed by atoms with E-state index in [9.17, 15) is 4.79 Å². The number of urea groups is 1. The van der Waals surface area contributed by atoms with Crippen molar-refractivity contribution in [3.8, 4) is 0 Å². The molecule has 1 N–H and O–H groups in total. The first-order chi connectivity index (χ1) is 11.2. The van der Waals surface area contributed by atoms with E-state index in [4.69, 9.17) is 0 Å². The molecular formula is C18H21N3OS. The second-order valence-corrected chi connectivity index (χ2v) is 7.02. The van der Waals surface area contributed by atoms with Crippen LogP contribution in [-0.4, -0.2) is 35.3 Å². The van der Waals surface area contributed by atoms with E-state index < -0.39 is 0 Å². The third-order valence-corrected chi connectivity index (χ3v) is 5.31. The summed E-state index contributed by atoms with van der Waals surface area (Å²) in [6, 6.07) is 12.4. The van der Waals surface area contributed by atoms with Crippen LogP contribution in [0.4, 0.5) is 4.79 Å². The Labute approximate surface area is 141 Å². The number of rotatable bonds is 4.